The van der Waals surface area contributed by atoms with Crippen molar-refractivity contribution in [2.45, 2.75) is 25.9 Å². The van der Waals surface area contributed by atoms with E-state index in [-0.39, 0.29) is 24.4 Å². The number of para-hydroxylation sites is 2. The molecule has 1 unspecified atom stereocenters. The second kappa shape index (κ2) is 10.3. The Balaban J connectivity index is 1.58. The lowest BCUT2D eigenvalue weighted by Crippen LogP contribution is -2.48. The number of halogens is 3. The van der Waals surface area contributed by atoms with E-state index in [1.165, 1.54) is 4.90 Å². The number of aromatic nitrogens is 1. The topological polar surface area (TPSA) is 45.6 Å². The van der Waals surface area contributed by atoms with Crippen LogP contribution in [0.15, 0.2) is 85.1 Å². The standard InChI is InChI=1S/C29H24Cl3N3O2/c1-18(2)34(29(37)20-14-22(31)16-23(32)15-20)17-27(36)35-25-10-4-3-9-24(25)33-12-6-11-26(33)28(35)19-7-5-8-21(30)13-19/h3-16,18,28H,17H2,1-2H3. The van der Waals surface area contributed by atoms with Gasteiger partial charge in [-0.2, -0.15) is 0 Å². The molecule has 0 saturated carbocycles. The highest BCUT2D eigenvalue weighted by atomic mass is 35.5. The van der Waals surface area contributed by atoms with Crippen LogP contribution in [0.2, 0.25) is 15.1 Å². The molecule has 37 heavy (non-hydrogen) atoms. The van der Waals surface area contributed by atoms with Crippen molar-refractivity contribution in [2.75, 3.05) is 11.4 Å². The molecule has 2 heterocycles. The molecular formula is C29H24Cl3N3O2. The average Bonchev–Trinajstić information content (AvgIpc) is 3.35. The highest BCUT2D eigenvalue weighted by Crippen LogP contribution is 2.42. The van der Waals surface area contributed by atoms with Crippen LogP contribution in [0.5, 0.6) is 0 Å². The van der Waals surface area contributed by atoms with E-state index in [1.54, 1.807) is 23.1 Å². The third-order valence-corrected chi connectivity index (χ3v) is 7.12. The number of rotatable bonds is 5. The monoisotopic (exact) mass is 551 g/mol. The third kappa shape index (κ3) is 4.87. The van der Waals surface area contributed by atoms with Gasteiger partial charge in [0.05, 0.1) is 17.1 Å². The predicted octanol–water partition coefficient (Wildman–Crippen LogP) is 7.42. The van der Waals surface area contributed by atoms with Gasteiger partial charge in [-0.15, -0.1) is 0 Å². The molecular weight excluding hydrogens is 529 g/mol. The van der Waals surface area contributed by atoms with Gasteiger partial charge in [0.15, 0.2) is 0 Å². The van der Waals surface area contributed by atoms with Crippen molar-refractivity contribution in [3.8, 4) is 5.69 Å². The van der Waals surface area contributed by atoms with Crippen LogP contribution in [0.3, 0.4) is 0 Å². The molecule has 5 rings (SSSR count). The Morgan fingerprint density at radius 3 is 2.22 bits per heavy atom. The van der Waals surface area contributed by atoms with Gasteiger partial charge in [-0.3, -0.25) is 14.5 Å². The molecule has 8 heteroatoms. The molecule has 3 aromatic carbocycles. The molecule has 0 aliphatic carbocycles. The van der Waals surface area contributed by atoms with E-state index in [9.17, 15) is 9.59 Å². The second-order valence-corrected chi connectivity index (χ2v) is 10.5. The molecule has 5 nitrogen and oxygen atoms in total. The van der Waals surface area contributed by atoms with E-state index in [1.807, 2.05) is 80.7 Å². The van der Waals surface area contributed by atoms with E-state index in [0.29, 0.717) is 20.6 Å². The summed E-state index contributed by atoms with van der Waals surface area (Å²) in [5, 5.41) is 1.30. The van der Waals surface area contributed by atoms with Crippen molar-refractivity contribution >= 4 is 52.3 Å². The number of amides is 2. The molecule has 0 fully saturated rings. The number of anilines is 1. The summed E-state index contributed by atoms with van der Waals surface area (Å²) in [7, 11) is 0. The zero-order chi connectivity index (χ0) is 26.3. The summed E-state index contributed by atoms with van der Waals surface area (Å²) in [6.07, 6.45) is 1.99. The highest BCUT2D eigenvalue weighted by Gasteiger charge is 2.37. The zero-order valence-corrected chi connectivity index (χ0v) is 22.5. The first-order chi connectivity index (χ1) is 17.7. The fourth-order valence-electron chi connectivity index (χ4n) is 4.81. The average molecular weight is 553 g/mol. The number of carbonyl (C=O) groups is 2. The number of hydrogen-bond donors (Lipinski definition) is 0. The number of hydrogen-bond acceptors (Lipinski definition) is 2. The van der Waals surface area contributed by atoms with E-state index in [0.717, 1.165) is 22.6 Å². The van der Waals surface area contributed by atoms with Crippen molar-refractivity contribution < 1.29 is 9.59 Å². The van der Waals surface area contributed by atoms with Gasteiger partial charge in [0.2, 0.25) is 5.91 Å². The first-order valence-electron chi connectivity index (χ1n) is 11.9. The normalized spacial score (nSPS) is 14.3. The number of benzene rings is 3. The molecule has 1 aliphatic heterocycles. The van der Waals surface area contributed by atoms with Gasteiger partial charge in [-0.05, 0) is 74.0 Å². The summed E-state index contributed by atoms with van der Waals surface area (Å²) >= 11 is 18.7. The number of fused-ring (bicyclic) bond motifs is 3. The van der Waals surface area contributed by atoms with Crippen LogP contribution in [0.25, 0.3) is 5.69 Å². The SMILES string of the molecule is CC(C)N(CC(=O)N1c2ccccc2-n2cccc2C1c1cccc(Cl)c1)C(=O)c1cc(Cl)cc(Cl)c1. The van der Waals surface area contributed by atoms with Crippen LogP contribution in [-0.4, -0.2) is 33.9 Å². The van der Waals surface area contributed by atoms with Gasteiger partial charge >= 0.3 is 0 Å². The zero-order valence-electron chi connectivity index (χ0n) is 20.2. The minimum Gasteiger partial charge on any atom is -0.327 e. The fraction of sp³-hybridized carbons (Fsp3) is 0.172. The maximum atomic E-state index is 14.2. The van der Waals surface area contributed by atoms with Crippen LogP contribution < -0.4 is 4.90 Å². The first kappa shape index (κ1) is 25.4. The van der Waals surface area contributed by atoms with Crippen LogP contribution in [0, 0.1) is 0 Å². The molecule has 0 saturated heterocycles. The molecule has 0 spiro atoms. The summed E-state index contributed by atoms with van der Waals surface area (Å²) in [4.78, 5) is 31.0. The third-order valence-electron chi connectivity index (χ3n) is 6.45. The smallest absolute Gasteiger partial charge is 0.254 e. The molecule has 2 amide bonds. The molecule has 0 radical (unpaired) electrons. The molecule has 0 bridgehead atoms. The van der Waals surface area contributed by atoms with E-state index >= 15 is 0 Å². The Morgan fingerprint density at radius 1 is 0.838 bits per heavy atom. The van der Waals surface area contributed by atoms with Crippen molar-refractivity contribution in [3.63, 3.8) is 0 Å². The van der Waals surface area contributed by atoms with Gasteiger partial charge in [0, 0.05) is 32.9 Å². The van der Waals surface area contributed by atoms with Crippen molar-refractivity contribution in [1.29, 1.82) is 0 Å². The molecule has 1 aliphatic rings. The van der Waals surface area contributed by atoms with Crippen LogP contribution in [0.4, 0.5) is 5.69 Å². The summed E-state index contributed by atoms with van der Waals surface area (Å²) in [5.74, 6) is -0.541. The van der Waals surface area contributed by atoms with E-state index in [2.05, 4.69) is 4.57 Å². The summed E-state index contributed by atoms with van der Waals surface area (Å²) in [6.45, 7) is 3.62. The molecule has 0 N–H and O–H groups in total. The lowest BCUT2D eigenvalue weighted by Gasteiger charge is -2.40. The molecule has 188 valence electrons. The van der Waals surface area contributed by atoms with Crippen molar-refractivity contribution in [2.24, 2.45) is 0 Å². The second-order valence-electron chi connectivity index (χ2n) is 9.20. The Labute approximate surface area is 230 Å². The lowest BCUT2D eigenvalue weighted by atomic mass is 9.97. The minimum absolute atomic E-state index is 0.132. The van der Waals surface area contributed by atoms with Gasteiger partial charge in [0.1, 0.15) is 12.6 Å². The Bertz CT molecular complexity index is 1480. The Kier molecular flexibility index (Phi) is 7.04. The van der Waals surface area contributed by atoms with Crippen molar-refractivity contribution in [3.05, 3.63) is 117 Å². The fourth-order valence-corrected chi connectivity index (χ4v) is 5.53. The summed E-state index contributed by atoms with van der Waals surface area (Å²) in [6, 6.07) is 23.2. The highest BCUT2D eigenvalue weighted by molar-refractivity contribution is 6.35. The molecule has 4 aromatic rings. The van der Waals surface area contributed by atoms with Crippen LogP contribution in [-0.2, 0) is 4.79 Å². The van der Waals surface area contributed by atoms with Crippen LogP contribution in [0.1, 0.15) is 41.5 Å². The van der Waals surface area contributed by atoms with Crippen LogP contribution >= 0.6 is 34.8 Å². The lowest BCUT2D eigenvalue weighted by molar-refractivity contribution is -0.120. The Morgan fingerprint density at radius 2 is 1.54 bits per heavy atom. The first-order valence-corrected chi connectivity index (χ1v) is 13.0. The van der Waals surface area contributed by atoms with Gasteiger partial charge in [-0.1, -0.05) is 59.1 Å². The molecule has 1 atom stereocenters. The summed E-state index contributed by atoms with van der Waals surface area (Å²) in [5.41, 5.74) is 3.78. The largest absolute Gasteiger partial charge is 0.327 e. The number of nitrogens with zero attached hydrogens (tertiary/aromatic N) is 3. The molecule has 1 aromatic heterocycles. The van der Waals surface area contributed by atoms with Gasteiger partial charge in [0.25, 0.3) is 5.91 Å². The quantitative estimate of drug-likeness (QED) is 0.259. The summed E-state index contributed by atoms with van der Waals surface area (Å²) < 4.78 is 2.09. The van der Waals surface area contributed by atoms with E-state index < -0.39 is 6.04 Å². The van der Waals surface area contributed by atoms with Crippen molar-refractivity contribution in [1.82, 2.24) is 9.47 Å². The van der Waals surface area contributed by atoms with E-state index in [4.69, 9.17) is 34.8 Å². The maximum Gasteiger partial charge on any atom is 0.254 e. The Hall–Kier alpha value is -3.25. The van der Waals surface area contributed by atoms with Gasteiger partial charge in [-0.25, -0.2) is 0 Å². The van der Waals surface area contributed by atoms with Gasteiger partial charge < -0.3 is 9.47 Å². The minimum atomic E-state index is -0.430. The maximum absolute atomic E-state index is 14.2. The predicted molar refractivity (Wildman–Crippen MR) is 149 cm³/mol. The number of carbonyl (C=O) groups excluding carboxylic acids is 2.